The van der Waals surface area contributed by atoms with Gasteiger partial charge in [0.05, 0.1) is 15.4 Å². The molecule has 1 N–H and O–H groups in total. The van der Waals surface area contributed by atoms with E-state index in [1.54, 1.807) is 25.1 Å². The van der Waals surface area contributed by atoms with Crippen LogP contribution in [0.5, 0.6) is 17.2 Å². The lowest BCUT2D eigenvalue weighted by molar-refractivity contribution is 0.133. The van der Waals surface area contributed by atoms with Crippen LogP contribution < -0.4 is 10.2 Å². The number of ether oxygens (including phenoxy) is 1. The van der Waals surface area contributed by atoms with E-state index in [1.165, 1.54) is 6.42 Å². The van der Waals surface area contributed by atoms with Gasteiger partial charge in [0.1, 0.15) is 22.8 Å². The largest absolute Gasteiger partial charge is 0.507 e. The average Bonchev–Trinajstić information content (AvgIpc) is 2.68. The molecule has 2 atom stereocenters. The number of hydrogen-bond donors (Lipinski definition) is 1. The van der Waals surface area contributed by atoms with Gasteiger partial charge < -0.3 is 14.3 Å². The molecule has 0 saturated carbocycles. The van der Waals surface area contributed by atoms with E-state index in [2.05, 4.69) is 34.7 Å². The number of aryl methyl sites for hydroxylation is 1. The van der Waals surface area contributed by atoms with Crippen molar-refractivity contribution in [3.63, 3.8) is 0 Å². The Labute approximate surface area is 184 Å². The number of fused-ring (bicyclic) bond motifs is 1. The lowest BCUT2D eigenvalue weighted by atomic mass is 9.91. The van der Waals surface area contributed by atoms with Gasteiger partial charge in [0, 0.05) is 19.6 Å². The number of aromatic hydroxyl groups is 1. The number of phenols is 1. The number of hydrogen-bond acceptors (Lipinski definition) is 5. The number of rotatable bonds is 4. The fraction of sp³-hybridized carbons (Fsp3) is 0.375. The molecule has 2 heterocycles. The molecule has 2 unspecified atom stereocenters. The molecule has 6 heteroatoms. The first-order valence-electron chi connectivity index (χ1n) is 10.3. The van der Waals surface area contributed by atoms with E-state index in [1.807, 2.05) is 18.2 Å². The highest BCUT2D eigenvalue weighted by atomic mass is 79.9. The van der Waals surface area contributed by atoms with Crippen molar-refractivity contribution in [2.75, 3.05) is 13.1 Å². The second-order valence-corrected chi connectivity index (χ2v) is 9.28. The second-order valence-electron chi connectivity index (χ2n) is 8.43. The van der Waals surface area contributed by atoms with Crippen LogP contribution in [0.3, 0.4) is 0 Å². The van der Waals surface area contributed by atoms with Crippen LogP contribution in [0, 0.1) is 18.8 Å². The van der Waals surface area contributed by atoms with Crippen molar-refractivity contribution in [3.8, 4) is 17.2 Å². The van der Waals surface area contributed by atoms with Gasteiger partial charge >= 0.3 is 0 Å². The molecule has 4 rings (SSSR count). The molecule has 0 aliphatic carbocycles. The van der Waals surface area contributed by atoms with Crippen molar-refractivity contribution in [1.82, 2.24) is 4.90 Å². The number of halogens is 1. The minimum Gasteiger partial charge on any atom is -0.507 e. The summed E-state index contributed by atoms with van der Waals surface area (Å²) in [5, 5.41) is 11.0. The maximum Gasteiger partial charge on any atom is 0.235 e. The zero-order valence-corrected chi connectivity index (χ0v) is 19.0. The van der Waals surface area contributed by atoms with Crippen molar-refractivity contribution in [3.05, 3.63) is 62.4 Å². The summed E-state index contributed by atoms with van der Waals surface area (Å²) in [4.78, 5) is 15.6. The van der Waals surface area contributed by atoms with Gasteiger partial charge in [-0.05, 0) is 65.4 Å². The third-order valence-corrected chi connectivity index (χ3v) is 6.29. The Morgan fingerprint density at radius 1 is 1.17 bits per heavy atom. The maximum absolute atomic E-state index is 13.2. The first-order valence-corrected chi connectivity index (χ1v) is 11.1. The lowest BCUT2D eigenvalue weighted by Gasteiger charge is -2.35. The van der Waals surface area contributed by atoms with E-state index in [9.17, 15) is 9.90 Å². The third-order valence-electron chi connectivity index (χ3n) is 5.64. The van der Waals surface area contributed by atoms with Gasteiger partial charge in [-0.15, -0.1) is 0 Å². The molecular weight excluding hydrogens is 446 g/mol. The monoisotopic (exact) mass is 471 g/mol. The normalized spacial score (nSPS) is 19.9. The molecule has 1 aliphatic heterocycles. The topological polar surface area (TPSA) is 62.9 Å². The summed E-state index contributed by atoms with van der Waals surface area (Å²) in [6, 6.07) is 10.5. The molecule has 2 aromatic carbocycles. The zero-order valence-electron chi connectivity index (χ0n) is 17.4. The molecule has 1 aliphatic rings. The number of nitrogens with zero attached hydrogens (tertiary/aromatic N) is 1. The zero-order chi connectivity index (χ0) is 21.4. The number of para-hydroxylation sites is 1. The minimum absolute atomic E-state index is 0.149. The first-order chi connectivity index (χ1) is 14.3. The van der Waals surface area contributed by atoms with Crippen molar-refractivity contribution < 1.29 is 14.3 Å². The maximum atomic E-state index is 13.2. The van der Waals surface area contributed by atoms with Crippen LogP contribution in [-0.4, -0.2) is 23.1 Å². The van der Waals surface area contributed by atoms with Crippen molar-refractivity contribution in [2.45, 2.75) is 33.7 Å². The summed E-state index contributed by atoms with van der Waals surface area (Å²) in [6.07, 6.45) is 1.21. The van der Waals surface area contributed by atoms with E-state index >= 15 is 0 Å². The number of likely N-dealkylation sites (tertiary alicyclic amines) is 1. The highest BCUT2D eigenvalue weighted by molar-refractivity contribution is 9.10. The molecule has 158 valence electrons. The van der Waals surface area contributed by atoms with Crippen LogP contribution in [0.15, 0.2) is 50.1 Å². The quantitative estimate of drug-likeness (QED) is 0.517. The van der Waals surface area contributed by atoms with Crippen LogP contribution in [0.25, 0.3) is 11.0 Å². The molecule has 0 amide bonds. The van der Waals surface area contributed by atoms with Crippen LogP contribution in [-0.2, 0) is 6.54 Å². The molecule has 0 spiro atoms. The van der Waals surface area contributed by atoms with Gasteiger partial charge in [-0.1, -0.05) is 26.0 Å². The third kappa shape index (κ3) is 4.12. The molecule has 1 saturated heterocycles. The summed E-state index contributed by atoms with van der Waals surface area (Å²) in [5.74, 6) is 2.44. The molecule has 0 bridgehead atoms. The Balaban J connectivity index is 1.75. The molecule has 5 nitrogen and oxygen atoms in total. The summed E-state index contributed by atoms with van der Waals surface area (Å²) in [6.45, 7) is 8.69. The Kier molecular flexibility index (Phi) is 5.89. The van der Waals surface area contributed by atoms with Crippen molar-refractivity contribution >= 4 is 26.9 Å². The van der Waals surface area contributed by atoms with Gasteiger partial charge in [-0.3, -0.25) is 9.69 Å². The van der Waals surface area contributed by atoms with Crippen LogP contribution in [0.2, 0.25) is 0 Å². The predicted molar refractivity (Wildman–Crippen MR) is 121 cm³/mol. The molecule has 0 radical (unpaired) electrons. The molecule has 1 fully saturated rings. The van der Waals surface area contributed by atoms with Crippen LogP contribution in [0.1, 0.15) is 31.6 Å². The predicted octanol–water partition coefficient (Wildman–Crippen LogP) is 5.84. The second kappa shape index (κ2) is 8.44. The van der Waals surface area contributed by atoms with Crippen molar-refractivity contribution in [2.24, 2.45) is 11.8 Å². The fourth-order valence-electron chi connectivity index (χ4n) is 4.45. The van der Waals surface area contributed by atoms with E-state index in [0.29, 0.717) is 46.4 Å². The SMILES string of the molecule is Cc1oc2c(CN3CC(C)CC(C)C3)c(O)ccc2c(=O)c1Oc1ccccc1Br. The molecule has 3 aromatic rings. The van der Waals surface area contributed by atoms with E-state index < -0.39 is 0 Å². The summed E-state index contributed by atoms with van der Waals surface area (Å²) < 4.78 is 12.7. The van der Waals surface area contributed by atoms with E-state index in [-0.39, 0.29) is 16.9 Å². The summed E-state index contributed by atoms with van der Waals surface area (Å²) >= 11 is 3.44. The Morgan fingerprint density at radius 3 is 2.57 bits per heavy atom. The number of piperidine rings is 1. The number of phenolic OH excluding ortho intramolecular Hbond substituents is 1. The van der Waals surface area contributed by atoms with Gasteiger partial charge in [-0.2, -0.15) is 0 Å². The summed E-state index contributed by atoms with van der Waals surface area (Å²) in [7, 11) is 0. The van der Waals surface area contributed by atoms with Gasteiger partial charge in [-0.25, -0.2) is 0 Å². The van der Waals surface area contributed by atoms with Gasteiger partial charge in [0.2, 0.25) is 11.2 Å². The minimum atomic E-state index is -0.244. The Hall–Kier alpha value is -2.31. The highest BCUT2D eigenvalue weighted by Gasteiger charge is 2.25. The first kappa shape index (κ1) is 20.9. The molecular formula is C24H26BrNO4. The van der Waals surface area contributed by atoms with E-state index in [4.69, 9.17) is 9.15 Å². The van der Waals surface area contributed by atoms with Gasteiger partial charge in [0.25, 0.3) is 0 Å². The van der Waals surface area contributed by atoms with Crippen molar-refractivity contribution in [1.29, 1.82) is 0 Å². The molecule has 30 heavy (non-hydrogen) atoms. The fourth-order valence-corrected chi connectivity index (χ4v) is 4.81. The standard InChI is InChI=1S/C24H26BrNO4/c1-14-10-15(2)12-26(11-14)13-18-20(27)9-8-17-22(28)23(16(3)29-24(17)18)30-21-7-5-4-6-19(21)25/h4-9,14-15,27H,10-13H2,1-3H3. The highest BCUT2D eigenvalue weighted by Crippen LogP contribution is 2.34. The lowest BCUT2D eigenvalue weighted by Crippen LogP contribution is -2.38. The average molecular weight is 472 g/mol. The van der Waals surface area contributed by atoms with E-state index in [0.717, 1.165) is 17.6 Å². The smallest absolute Gasteiger partial charge is 0.235 e. The summed E-state index contributed by atoms with van der Waals surface area (Å²) in [5.41, 5.74) is 0.843. The molecule has 1 aromatic heterocycles. The van der Waals surface area contributed by atoms with Crippen LogP contribution >= 0.6 is 15.9 Å². The Bertz CT molecular complexity index is 1130. The van der Waals surface area contributed by atoms with Gasteiger partial charge in [0.15, 0.2) is 0 Å². The van der Waals surface area contributed by atoms with Crippen LogP contribution in [0.4, 0.5) is 0 Å². The number of benzene rings is 2. The Morgan fingerprint density at radius 2 is 1.87 bits per heavy atom.